The van der Waals surface area contributed by atoms with Crippen LogP contribution in [-0.4, -0.2) is 0 Å². The fourth-order valence-electron chi connectivity index (χ4n) is 0.443. The summed E-state index contributed by atoms with van der Waals surface area (Å²) in [7, 11) is 0. The molecular weight excluding hydrogens is 332 g/mol. The zero-order chi connectivity index (χ0) is 6.85. The Morgan fingerprint density at radius 1 is 1.44 bits per heavy atom. The van der Waals surface area contributed by atoms with Crippen LogP contribution in [0.5, 0.6) is 0 Å². The van der Waals surface area contributed by atoms with E-state index in [1.807, 2.05) is 0 Å². The Bertz CT molecular complexity index is 206. The molecule has 1 rings (SSSR count). The Balaban J connectivity index is 3.04. The first-order valence-electron chi connectivity index (χ1n) is 2.23. The van der Waals surface area contributed by atoms with Crippen LogP contribution in [0, 0.1) is 0 Å². The van der Waals surface area contributed by atoms with Crippen LogP contribution < -0.4 is 0 Å². The molecule has 9 heavy (non-hydrogen) atoms. The number of hydrogen-bond acceptors (Lipinski definition) is 1. The van der Waals surface area contributed by atoms with Crippen molar-refractivity contribution in [1.82, 2.24) is 0 Å². The summed E-state index contributed by atoms with van der Waals surface area (Å²) in [4.78, 5) is 0. The van der Waals surface area contributed by atoms with Gasteiger partial charge in [-0.2, -0.15) is 0 Å². The van der Waals surface area contributed by atoms with E-state index in [1.165, 1.54) is 10.0 Å². The molecule has 0 fully saturated rings. The Morgan fingerprint density at radius 3 is 2.33 bits per heavy atom. The van der Waals surface area contributed by atoms with Crippen molar-refractivity contribution in [2.45, 2.75) is 5.33 Å². The Labute approximate surface area is 83.0 Å². The molecule has 0 radical (unpaired) electrons. The minimum absolute atomic E-state index is 0.912. The van der Waals surface area contributed by atoms with Crippen molar-refractivity contribution in [3.63, 3.8) is 0 Å². The summed E-state index contributed by atoms with van der Waals surface area (Å²) in [6, 6.07) is 0. The highest BCUT2D eigenvalue weighted by atomic mass is 79.9. The number of hydrogen-bond donors (Lipinski definition) is 0. The smallest absolute Gasteiger partial charge is 0.0843 e. The number of thiophene rings is 1. The van der Waals surface area contributed by atoms with E-state index in [0.29, 0.717) is 0 Å². The zero-order valence-electron chi connectivity index (χ0n) is 4.33. The van der Waals surface area contributed by atoms with Gasteiger partial charge in [-0.1, -0.05) is 15.9 Å². The van der Waals surface area contributed by atoms with Gasteiger partial charge in [0.2, 0.25) is 0 Å². The zero-order valence-corrected chi connectivity index (χ0v) is 9.90. The van der Waals surface area contributed by atoms with Crippen LogP contribution in [-0.2, 0) is 5.33 Å². The summed E-state index contributed by atoms with van der Waals surface area (Å²) in [5.41, 5.74) is 1.30. The molecule has 0 nitrogen and oxygen atoms in total. The van der Waals surface area contributed by atoms with Crippen molar-refractivity contribution < 1.29 is 0 Å². The van der Waals surface area contributed by atoms with Gasteiger partial charge in [0.1, 0.15) is 0 Å². The molecule has 0 amide bonds. The molecule has 50 valence electrons. The molecule has 0 saturated carbocycles. The Morgan fingerprint density at radius 2 is 2.11 bits per heavy atom. The summed E-state index contributed by atoms with van der Waals surface area (Å²) in [6.07, 6.45) is 0. The van der Waals surface area contributed by atoms with E-state index in [-0.39, 0.29) is 0 Å². The van der Waals surface area contributed by atoms with E-state index in [1.54, 1.807) is 11.3 Å². The lowest BCUT2D eigenvalue weighted by molar-refractivity contribution is 1.46. The molecule has 0 atom stereocenters. The molecule has 0 aliphatic heterocycles. The van der Waals surface area contributed by atoms with Crippen molar-refractivity contribution in [1.29, 1.82) is 0 Å². The fraction of sp³-hybridized carbons (Fsp3) is 0.200. The van der Waals surface area contributed by atoms with Crippen molar-refractivity contribution in [2.75, 3.05) is 0 Å². The SMILES string of the molecule is BrCc1csc(Br)c1Br. The molecule has 1 aromatic heterocycles. The second-order valence-corrected chi connectivity index (χ2v) is 5.03. The lowest BCUT2D eigenvalue weighted by Gasteiger charge is -1.87. The predicted octanol–water partition coefficient (Wildman–Crippen LogP) is 4.17. The van der Waals surface area contributed by atoms with Crippen LogP contribution in [0.3, 0.4) is 0 Å². The maximum atomic E-state index is 3.44. The molecule has 4 heteroatoms. The summed E-state index contributed by atoms with van der Waals surface area (Å²) in [6.45, 7) is 0. The van der Waals surface area contributed by atoms with Gasteiger partial charge < -0.3 is 0 Å². The average molecular weight is 335 g/mol. The number of rotatable bonds is 1. The van der Waals surface area contributed by atoms with Crippen molar-refractivity contribution in [3.05, 3.63) is 19.2 Å². The van der Waals surface area contributed by atoms with E-state index < -0.39 is 0 Å². The summed E-state index contributed by atoms with van der Waals surface area (Å²) >= 11 is 11.9. The highest BCUT2D eigenvalue weighted by Crippen LogP contribution is 2.33. The molecule has 0 aliphatic carbocycles. The molecule has 0 aromatic carbocycles. The summed E-state index contributed by atoms with van der Waals surface area (Å²) in [5, 5.41) is 3.03. The molecule has 0 spiro atoms. The highest BCUT2D eigenvalue weighted by Gasteiger charge is 2.03. The Kier molecular flexibility index (Phi) is 3.21. The third-order valence-corrected chi connectivity index (χ3v) is 4.98. The van der Waals surface area contributed by atoms with Gasteiger partial charge in [0, 0.05) is 9.80 Å². The summed E-state index contributed by atoms with van der Waals surface area (Å²) < 4.78 is 2.33. The van der Waals surface area contributed by atoms with E-state index in [4.69, 9.17) is 0 Å². The predicted molar refractivity (Wildman–Crippen MR) is 52.4 cm³/mol. The van der Waals surface area contributed by atoms with Gasteiger partial charge in [0.15, 0.2) is 0 Å². The normalized spacial score (nSPS) is 10.1. The van der Waals surface area contributed by atoms with Crippen molar-refractivity contribution >= 4 is 59.1 Å². The van der Waals surface area contributed by atoms with Crippen LogP contribution in [0.1, 0.15) is 5.56 Å². The van der Waals surface area contributed by atoms with Gasteiger partial charge in [0.25, 0.3) is 0 Å². The Hall–Kier alpha value is 1.14. The number of alkyl halides is 1. The van der Waals surface area contributed by atoms with Gasteiger partial charge in [0.05, 0.1) is 3.79 Å². The first-order valence-corrected chi connectivity index (χ1v) is 5.81. The van der Waals surface area contributed by atoms with Crippen LogP contribution >= 0.6 is 59.1 Å². The monoisotopic (exact) mass is 332 g/mol. The van der Waals surface area contributed by atoms with E-state index in [2.05, 4.69) is 53.2 Å². The van der Waals surface area contributed by atoms with E-state index in [0.717, 1.165) is 9.12 Å². The van der Waals surface area contributed by atoms with E-state index >= 15 is 0 Å². The minimum atomic E-state index is 0.912. The second kappa shape index (κ2) is 3.51. The lowest BCUT2D eigenvalue weighted by atomic mass is 10.4. The first kappa shape index (κ1) is 8.24. The first-order chi connectivity index (χ1) is 4.25. The molecule has 0 bridgehead atoms. The minimum Gasteiger partial charge on any atom is -0.135 e. The van der Waals surface area contributed by atoms with Crippen molar-refractivity contribution in [2.24, 2.45) is 0 Å². The summed E-state index contributed by atoms with van der Waals surface area (Å²) in [5.74, 6) is 0. The van der Waals surface area contributed by atoms with Crippen LogP contribution in [0.2, 0.25) is 0 Å². The van der Waals surface area contributed by atoms with Gasteiger partial charge in [-0.05, 0) is 42.8 Å². The second-order valence-electron chi connectivity index (χ2n) is 1.48. The third kappa shape index (κ3) is 1.79. The molecule has 0 unspecified atom stereocenters. The molecule has 1 heterocycles. The van der Waals surface area contributed by atoms with E-state index in [9.17, 15) is 0 Å². The van der Waals surface area contributed by atoms with Crippen LogP contribution in [0.4, 0.5) is 0 Å². The molecule has 0 saturated heterocycles. The van der Waals surface area contributed by atoms with Crippen LogP contribution in [0.25, 0.3) is 0 Å². The molecule has 0 aliphatic rings. The standard InChI is InChI=1S/C5H3Br3S/c6-1-3-2-9-5(8)4(3)7/h2H,1H2. The van der Waals surface area contributed by atoms with Gasteiger partial charge in [-0.25, -0.2) is 0 Å². The molecule has 1 aromatic rings. The average Bonchev–Trinajstić information content (AvgIpc) is 2.15. The van der Waals surface area contributed by atoms with Gasteiger partial charge in [-0.15, -0.1) is 11.3 Å². The van der Waals surface area contributed by atoms with Crippen molar-refractivity contribution in [3.8, 4) is 0 Å². The quantitative estimate of drug-likeness (QED) is 0.676. The van der Waals surface area contributed by atoms with Gasteiger partial charge in [-0.3, -0.25) is 0 Å². The fourth-order valence-corrected chi connectivity index (χ4v) is 3.38. The molecular formula is C5H3Br3S. The van der Waals surface area contributed by atoms with Crippen LogP contribution in [0.15, 0.2) is 13.6 Å². The maximum Gasteiger partial charge on any atom is 0.0843 e. The molecule has 0 N–H and O–H groups in total. The largest absolute Gasteiger partial charge is 0.135 e. The lowest BCUT2D eigenvalue weighted by Crippen LogP contribution is -1.68. The maximum absolute atomic E-state index is 3.44. The number of halogens is 3. The van der Waals surface area contributed by atoms with Gasteiger partial charge >= 0.3 is 0 Å². The highest BCUT2D eigenvalue weighted by molar-refractivity contribution is 9.13. The topological polar surface area (TPSA) is 0 Å². The third-order valence-electron chi connectivity index (χ3n) is 0.903.